The van der Waals surface area contributed by atoms with Gasteiger partial charge in [0.2, 0.25) is 0 Å². The molecule has 0 saturated heterocycles. The number of hydrogen-bond donors (Lipinski definition) is 0. The van der Waals surface area contributed by atoms with Gasteiger partial charge in [-0.15, -0.1) is 5.54 Å². The number of carbonyl (C=O) groups excluding carboxylic acids is 1. The fraction of sp³-hybridized carbons (Fsp3) is 0.750. The van der Waals surface area contributed by atoms with Crippen LogP contribution in [0.15, 0.2) is 0 Å². The highest BCUT2D eigenvalue weighted by Gasteiger charge is 2.34. The molecule has 3 heteroatoms. The maximum Gasteiger partial charge on any atom is 0.179 e. The summed E-state index contributed by atoms with van der Waals surface area (Å²) in [4.78, 5) is 11.7. The van der Waals surface area contributed by atoms with Gasteiger partial charge in [-0.2, -0.15) is 0 Å². The Labute approximate surface area is 96.7 Å². The van der Waals surface area contributed by atoms with Crippen molar-refractivity contribution in [2.45, 2.75) is 58.5 Å². The van der Waals surface area contributed by atoms with E-state index in [1.54, 1.807) is 0 Å². The highest BCUT2D eigenvalue weighted by atomic mass is 28.3. The maximum absolute atomic E-state index is 11.7. The predicted octanol–water partition coefficient (Wildman–Crippen LogP) is 3.48. The number of hydrogen-bond acceptors (Lipinski definition) is 1. The molecule has 15 heavy (non-hydrogen) atoms. The molecule has 0 aliphatic rings. The molecule has 0 heterocycles. The molecule has 0 aliphatic carbocycles. The topological polar surface area (TPSA) is 17.1 Å². The number of rotatable bonds is 1. The zero-order valence-electron chi connectivity index (χ0n) is 11.4. The largest absolute Gasteiger partial charge is 0.291 e. The van der Waals surface area contributed by atoms with Crippen LogP contribution in [0.2, 0.25) is 37.8 Å². The fourth-order valence-corrected chi connectivity index (χ4v) is 1.95. The standard InChI is InChI=1S/C12H24OSi2/c1-12(2,3)15(7,8)10-9-11(13)14(4,5)6/h1-8H3. The quantitative estimate of drug-likeness (QED) is 0.506. The third-order valence-electron chi connectivity index (χ3n) is 3.04. The van der Waals surface area contributed by atoms with Gasteiger partial charge in [0.1, 0.15) is 16.1 Å². The fourth-order valence-electron chi connectivity index (χ4n) is 0.588. The van der Waals surface area contributed by atoms with E-state index in [0.717, 1.165) is 0 Å². The lowest BCUT2D eigenvalue weighted by Gasteiger charge is -2.31. The van der Waals surface area contributed by atoms with Gasteiger partial charge in [0.15, 0.2) is 5.41 Å². The van der Waals surface area contributed by atoms with Gasteiger partial charge in [0, 0.05) is 0 Å². The third-order valence-corrected chi connectivity index (χ3v) is 9.03. The van der Waals surface area contributed by atoms with Crippen molar-refractivity contribution >= 4 is 21.6 Å². The lowest BCUT2D eigenvalue weighted by Crippen LogP contribution is -2.37. The predicted molar refractivity (Wildman–Crippen MR) is 73.3 cm³/mol. The van der Waals surface area contributed by atoms with Crippen LogP contribution in [-0.4, -0.2) is 21.6 Å². The van der Waals surface area contributed by atoms with Crippen molar-refractivity contribution in [1.82, 2.24) is 0 Å². The van der Waals surface area contributed by atoms with E-state index in [1.807, 2.05) is 0 Å². The molecule has 0 saturated carbocycles. The monoisotopic (exact) mass is 240 g/mol. The van der Waals surface area contributed by atoms with Crippen LogP contribution >= 0.6 is 0 Å². The Morgan fingerprint density at radius 2 is 1.40 bits per heavy atom. The molecule has 0 radical (unpaired) electrons. The third kappa shape index (κ3) is 4.35. The number of carbonyl (C=O) groups is 1. The smallest absolute Gasteiger partial charge is 0.179 e. The van der Waals surface area contributed by atoms with Crippen LogP contribution < -0.4 is 0 Å². The van der Waals surface area contributed by atoms with Gasteiger partial charge in [0.25, 0.3) is 0 Å². The Balaban J connectivity index is 4.91. The maximum atomic E-state index is 11.7. The van der Waals surface area contributed by atoms with Crippen LogP contribution in [0.5, 0.6) is 0 Å². The van der Waals surface area contributed by atoms with Gasteiger partial charge in [-0.25, -0.2) is 0 Å². The summed E-state index contributed by atoms with van der Waals surface area (Å²) in [5.41, 5.74) is 3.28. The van der Waals surface area contributed by atoms with Crippen molar-refractivity contribution in [3.8, 4) is 11.5 Å². The zero-order valence-corrected chi connectivity index (χ0v) is 13.4. The summed E-state index contributed by atoms with van der Waals surface area (Å²) in [7, 11) is -3.32. The molecule has 0 spiro atoms. The summed E-state index contributed by atoms with van der Waals surface area (Å²) in [5, 5.41) is 0.423. The highest BCUT2D eigenvalue weighted by molar-refractivity contribution is 7.06. The van der Waals surface area contributed by atoms with Crippen molar-refractivity contribution in [3.05, 3.63) is 0 Å². The molecule has 0 unspecified atom stereocenters. The van der Waals surface area contributed by atoms with Gasteiger partial charge in [-0.1, -0.05) is 53.5 Å². The molecule has 86 valence electrons. The van der Waals surface area contributed by atoms with Crippen LogP contribution in [0.1, 0.15) is 20.8 Å². The molecule has 0 aliphatic heterocycles. The second-order valence-corrected chi connectivity index (χ2v) is 16.7. The zero-order chi connectivity index (χ0) is 12.5. The molecule has 0 bridgehead atoms. The first-order valence-electron chi connectivity index (χ1n) is 5.45. The second kappa shape index (κ2) is 4.27. The molecule has 0 amide bonds. The summed E-state index contributed by atoms with van der Waals surface area (Å²) in [6.45, 7) is 17.3. The van der Waals surface area contributed by atoms with Crippen LogP contribution in [0.3, 0.4) is 0 Å². The van der Waals surface area contributed by atoms with Crippen molar-refractivity contribution in [1.29, 1.82) is 0 Å². The van der Waals surface area contributed by atoms with Crippen molar-refractivity contribution in [2.75, 3.05) is 0 Å². The van der Waals surface area contributed by atoms with Crippen molar-refractivity contribution in [2.24, 2.45) is 0 Å². The molecule has 0 aromatic rings. The first-order valence-corrected chi connectivity index (χ1v) is 12.0. The summed E-state index contributed by atoms with van der Waals surface area (Å²) in [6.07, 6.45) is 0. The van der Waals surface area contributed by atoms with E-state index in [4.69, 9.17) is 0 Å². The normalized spacial score (nSPS) is 13.1. The molecule has 0 aromatic heterocycles. The Hall–Kier alpha value is -0.336. The minimum absolute atomic E-state index is 0.187. The summed E-state index contributed by atoms with van der Waals surface area (Å²) >= 11 is 0. The van der Waals surface area contributed by atoms with Crippen molar-refractivity contribution < 1.29 is 4.79 Å². The van der Waals surface area contributed by atoms with E-state index in [2.05, 4.69) is 65.0 Å². The van der Waals surface area contributed by atoms with Crippen molar-refractivity contribution in [3.63, 3.8) is 0 Å². The van der Waals surface area contributed by atoms with Crippen LogP contribution in [0, 0.1) is 11.5 Å². The van der Waals surface area contributed by atoms with E-state index in [0.29, 0.717) is 0 Å². The SMILES string of the molecule is CC(C)(C)[Si](C)(C)C#CC(=O)[Si](C)(C)C. The molecule has 0 atom stereocenters. The lowest BCUT2D eigenvalue weighted by molar-refractivity contribution is -0.107. The summed E-state index contributed by atoms with van der Waals surface area (Å²) < 4.78 is 0. The van der Waals surface area contributed by atoms with E-state index >= 15 is 0 Å². The summed E-state index contributed by atoms with van der Waals surface area (Å²) in [5.74, 6) is 2.90. The Kier molecular flexibility index (Phi) is 4.17. The Bertz CT molecular complexity index is 305. The highest BCUT2D eigenvalue weighted by Crippen LogP contribution is 2.35. The molecular weight excluding hydrogens is 216 g/mol. The first kappa shape index (κ1) is 14.7. The van der Waals surface area contributed by atoms with Gasteiger partial charge >= 0.3 is 0 Å². The van der Waals surface area contributed by atoms with E-state index in [-0.39, 0.29) is 10.4 Å². The van der Waals surface area contributed by atoms with Crippen LogP contribution in [0.25, 0.3) is 0 Å². The van der Waals surface area contributed by atoms with Gasteiger partial charge in [-0.3, -0.25) is 4.79 Å². The van der Waals surface area contributed by atoms with Gasteiger partial charge in [-0.05, 0) is 11.0 Å². The Morgan fingerprint density at radius 1 is 1.00 bits per heavy atom. The average molecular weight is 240 g/mol. The van der Waals surface area contributed by atoms with E-state index < -0.39 is 16.1 Å². The van der Waals surface area contributed by atoms with Crippen LogP contribution in [-0.2, 0) is 4.79 Å². The Morgan fingerprint density at radius 3 is 1.67 bits per heavy atom. The summed E-state index contributed by atoms with van der Waals surface area (Å²) in [6, 6.07) is 0. The minimum Gasteiger partial charge on any atom is -0.291 e. The van der Waals surface area contributed by atoms with Gasteiger partial charge in [0.05, 0.1) is 0 Å². The molecule has 0 N–H and O–H groups in total. The van der Waals surface area contributed by atoms with E-state index in [9.17, 15) is 4.79 Å². The molecular formula is C12H24OSi2. The molecule has 0 rings (SSSR count). The lowest BCUT2D eigenvalue weighted by atomic mass is 10.2. The molecule has 0 fully saturated rings. The van der Waals surface area contributed by atoms with Crippen LogP contribution in [0.4, 0.5) is 0 Å². The average Bonchev–Trinajstić information content (AvgIpc) is 1.96. The molecule has 0 aromatic carbocycles. The van der Waals surface area contributed by atoms with E-state index in [1.165, 1.54) is 0 Å². The van der Waals surface area contributed by atoms with Gasteiger partial charge < -0.3 is 0 Å². The second-order valence-electron chi connectivity index (χ2n) is 6.70. The first-order chi connectivity index (χ1) is 6.38. The molecule has 1 nitrogen and oxygen atoms in total. The minimum atomic E-state index is -1.71.